The number of nitrogens with zero attached hydrogens (tertiary/aromatic N) is 1. The molecular formula is C11H9NO4. The molecule has 0 bridgehead atoms. The minimum Gasteiger partial charge on any atom is -0.506 e. The molecule has 16 heavy (non-hydrogen) atoms. The zero-order chi connectivity index (χ0) is 11.7. The number of methoxy groups -OCH3 is 1. The molecule has 0 saturated carbocycles. The number of aromatic nitrogens is 1. The van der Waals surface area contributed by atoms with Gasteiger partial charge in [-0.1, -0.05) is 0 Å². The van der Waals surface area contributed by atoms with E-state index in [2.05, 4.69) is 4.98 Å². The van der Waals surface area contributed by atoms with Crippen LogP contribution in [0, 0.1) is 0 Å². The fourth-order valence-corrected chi connectivity index (χ4v) is 1.51. The van der Waals surface area contributed by atoms with Crippen LogP contribution in [-0.4, -0.2) is 28.3 Å². The van der Waals surface area contributed by atoms with E-state index in [0.29, 0.717) is 11.1 Å². The number of fused-ring (bicyclic) bond motifs is 1. The number of aromatic carboxylic acids is 1. The maximum Gasteiger partial charge on any atom is 0.336 e. The second-order valence-electron chi connectivity index (χ2n) is 3.21. The fourth-order valence-electron chi connectivity index (χ4n) is 1.51. The van der Waals surface area contributed by atoms with Crippen molar-refractivity contribution < 1.29 is 19.7 Å². The lowest BCUT2D eigenvalue weighted by Gasteiger charge is -2.06. The molecule has 2 N–H and O–H groups in total. The fraction of sp³-hybridized carbons (Fsp3) is 0.0909. The summed E-state index contributed by atoms with van der Waals surface area (Å²) >= 11 is 0. The number of phenolic OH excluding ortho intramolecular Hbond substituents is 1. The number of pyridine rings is 1. The number of rotatable bonds is 2. The van der Waals surface area contributed by atoms with Gasteiger partial charge in [0.05, 0.1) is 12.7 Å². The lowest BCUT2D eigenvalue weighted by atomic mass is 10.1. The van der Waals surface area contributed by atoms with E-state index in [1.165, 1.54) is 31.5 Å². The van der Waals surface area contributed by atoms with E-state index in [0.717, 1.165) is 0 Å². The highest BCUT2D eigenvalue weighted by molar-refractivity contribution is 6.04. The Morgan fingerprint density at radius 2 is 2.19 bits per heavy atom. The quantitative estimate of drug-likeness (QED) is 0.802. The van der Waals surface area contributed by atoms with Gasteiger partial charge in [0.25, 0.3) is 0 Å². The molecule has 2 aromatic rings. The first kappa shape index (κ1) is 10.2. The second kappa shape index (κ2) is 3.69. The highest BCUT2D eigenvalue weighted by atomic mass is 16.5. The highest BCUT2D eigenvalue weighted by Gasteiger charge is 2.12. The summed E-state index contributed by atoms with van der Waals surface area (Å²) < 4.78 is 4.96. The molecular weight excluding hydrogens is 210 g/mol. The van der Waals surface area contributed by atoms with E-state index in [9.17, 15) is 9.90 Å². The van der Waals surface area contributed by atoms with Crippen molar-refractivity contribution in [2.24, 2.45) is 0 Å². The van der Waals surface area contributed by atoms with Gasteiger partial charge >= 0.3 is 5.97 Å². The Bertz CT molecular complexity index is 565. The van der Waals surface area contributed by atoms with E-state index in [1.54, 1.807) is 0 Å². The predicted octanol–water partition coefficient (Wildman–Crippen LogP) is 1.65. The summed E-state index contributed by atoms with van der Waals surface area (Å²) in [6.07, 6.45) is 1.35. The maximum absolute atomic E-state index is 11.0. The number of carboxylic acid groups (broad SMARTS) is 1. The number of benzene rings is 1. The molecule has 1 heterocycles. The Hall–Kier alpha value is -2.30. The van der Waals surface area contributed by atoms with Crippen LogP contribution in [0.25, 0.3) is 10.9 Å². The molecule has 1 aromatic heterocycles. The SMILES string of the molecule is COc1cc(O)c2nccc(C(=O)O)c2c1. The third-order valence-corrected chi connectivity index (χ3v) is 2.26. The lowest BCUT2D eigenvalue weighted by molar-refractivity contribution is 0.0699. The van der Waals surface area contributed by atoms with Gasteiger partial charge in [0.15, 0.2) is 0 Å². The number of carboxylic acids is 1. The van der Waals surface area contributed by atoms with Crippen LogP contribution in [0.3, 0.4) is 0 Å². The third-order valence-electron chi connectivity index (χ3n) is 2.26. The lowest BCUT2D eigenvalue weighted by Crippen LogP contribution is -1.98. The molecule has 0 spiro atoms. The summed E-state index contributed by atoms with van der Waals surface area (Å²) in [5.41, 5.74) is 0.333. The second-order valence-corrected chi connectivity index (χ2v) is 3.21. The summed E-state index contributed by atoms with van der Waals surface area (Å²) in [5, 5.41) is 19.0. The van der Waals surface area contributed by atoms with Gasteiger partial charge < -0.3 is 14.9 Å². The van der Waals surface area contributed by atoms with Crippen LogP contribution in [0.5, 0.6) is 11.5 Å². The first-order valence-electron chi connectivity index (χ1n) is 4.52. The molecule has 5 heteroatoms. The molecule has 0 fully saturated rings. The Morgan fingerprint density at radius 3 is 2.81 bits per heavy atom. The predicted molar refractivity (Wildman–Crippen MR) is 56.9 cm³/mol. The van der Waals surface area contributed by atoms with Crippen LogP contribution in [0.15, 0.2) is 24.4 Å². The topological polar surface area (TPSA) is 79.7 Å². The van der Waals surface area contributed by atoms with Crippen molar-refractivity contribution in [1.82, 2.24) is 4.98 Å². The van der Waals surface area contributed by atoms with Gasteiger partial charge in [-0.2, -0.15) is 0 Å². The van der Waals surface area contributed by atoms with Gasteiger partial charge in [-0.05, 0) is 12.1 Å². The Balaban J connectivity index is 2.85. The zero-order valence-electron chi connectivity index (χ0n) is 8.47. The number of hydrogen-bond donors (Lipinski definition) is 2. The third kappa shape index (κ3) is 1.52. The number of ether oxygens (including phenoxy) is 1. The number of phenols is 1. The number of carbonyl (C=O) groups is 1. The molecule has 0 aliphatic rings. The van der Waals surface area contributed by atoms with Gasteiger partial charge in [0.2, 0.25) is 0 Å². The normalized spacial score (nSPS) is 10.3. The maximum atomic E-state index is 11.0. The molecule has 0 amide bonds. The molecule has 0 aliphatic heterocycles. The minimum absolute atomic E-state index is 0.0826. The van der Waals surface area contributed by atoms with E-state index in [4.69, 9.17) is 9.84 Å². The Labute approximate surface area is 90.9 Å². The minimum atomic E-state index is -1.07. The number of aromatic hydroxyl groups is 1. The van der Waals surface area contributed by atoms with Gasteiger partial charge in [-0.3, -0.25) is 4.98 Å². The van der Waals surface area contributed by atoms with Crippen molar-refractivity contribution in [3.05, 3.63) is 30.0 Å². The van der Waals surface area contributed by atoms with Gasteiger partial charge in [0, 0.05) is 17.6 Å². The van der Waals surface area contributed by atoms with E-state index in [-0.39, 0.29) is 16.8 Å². The van der Waals surface area contributed by atoms with Gasteiger partial charge in [0.1, 0.15) is 17.0 Å². The Morgan fingerprint density at radius 1 is 1.44 bits per heavy atom. The summed E-state index contributed by atoms with van der Waals surface area (Å²) in [7, 11) is 1.44. The highest BCUT2D eigenvalue weighted by Crippen LogP contribution is 2.30. The Kier molecular flexibility index (Phi) is 2.36. The zero-order valence-corrected chi connectivity index (χ0v) is 8.47. The van der Waals surface area contributed by atoms with Crippen LogP contribution in [-0.2, 0) is 0 Å². The largest absolute Gasteiger partial charge is 0.506 e. The molecule has 0 atom stereocenters. The first-order chi connectivity index (χ1) is 7.63. The van der Waals surface area contributed by atoms with E-state index < -0.39 is 5.97 Å². The van der Waals surface area contributed by atoms with Gasteiger partial charge in [-0.25, -0.2) is 4.79 Å². The molecule has 0 saturated heterocycles. The van der Waals surface area contributed by atoms with E-state index >= 15 is 0 Å². The van der Waals surface area contributed by atoms with Crippen molar-refractivity contribution in [3.63, 3.8) is 0 Å². The van der Waals surface area contributed by atoms with Crippen LogP contribution >= 0.6 is 0 Å². The average Bonchev–Trinajstić information content (AvgIpc) is 2.28. The monoisotopic (exact) mass is 219 g/mol. The summed E-state index contributed by atoms with van der Waals surface area (Å²) in [6, 6.07) is 4.30. The molecule has 0 aliphatic carbocycles. The van der Waals surface area contributed by atoms with Crippen molar-refractivity contribution >= 4 is 16.9 Å². The van der Waals surface area contributed by atoms with Crippen molar-refractivity contribution in [2.45, 2.75) is 0 Å². The molecule has 0 unspecified atom stereocenters. The van der Waals surface area contributed by atoms with Crippen molar-refractivity contribution in [1.29, 1.82) is 0 Å². The van der Waals surface area contributed by atoms with Gasteiger partial charge in [-0.15, -0.1) is 0 Å². The summed E-state index contributed by atoms with van der Waals surface area (Å²) in [4.78, 5) is 14.9. The van der Waals surface area contributed by atoms with E-state index in [1.807, 2.05) is 0 Å². The standard InChI is InChI=1S/C11H9NO4/c1-16-6-4-8-7(11(14)15)2-3-12-10(8)9(13)5-6/h2-5,13H,1H3,(H,14,15). The van der Waals surface area contributed by atoms with Crippen molar-refractivity contribution in [2.75, 3.05) is 7.11 Å². The van der Waals surface area contributed by atoms with Crippen LogP contribution in [0.4, 0.5) is 0 Å². The molecule has 0 radical (unpaired) electrons. The molecule has 1 aromatic carbocycles. The van der Waals surface area contributed by atoms with Crippen LogP contribution in [0.1, 0.15) is 10.4 Å². The van der Waals surface area contributed by atoms with Crippen LogP contribution in [0.2, 0.25) is 0 Å². The average molecular weight is 219 g/mol. The molecule has 2 rings (SSSR count). The molecule has 82 valence electrons. The smallest absolute Gasteiger partial charge is 0.336 e. The summed E-state index contributed by atoms with van der Waals surface area (Å²) in [6.45, 7) is 0. The van der Waals surface area contributed by atoms with Crippen LogP contribution < -0.4 is 4.74 Å². The first-order valence-corrected chi connectivity index (χ1v) is 4.52. The number of hydrogen-bond acceptors (Lipinski definition) is 4. The molecule has 5 nitrogen and oxygen atoms in total. The van der Waals surface area contributed by atoms with Crippen molar-refractivity contribution in [3.8, 4) is 11.5 Å². The summed E-state index contributed by atoms with van der Waals surface area (Å²) in [5.74, 6) is -0.780.